The van der Waals surface area contributed by atoms with E-state index in [-0.39, 0.29) is 41.6 Å². The van der Waals surface area contributed by atoms with Crippen LogP contribution in [0.5, 0.6) is 34.5 Å². The van der Waals surface area contributed by atoms with Gasteiger partial charge in [-0.05, 0) is 42.3 Å². The highest BCUT2D eigenvalue weighted by molar-refractivity contribution is 5.54. The third kappa shape index (κ3) is 3.84. The fraction of sp³-hybridized carbons (Fsp3) is 0.143. The molecular weight excluding hydrogens is 348 g/mol. The van der Waals surface area contributed by atoms with E-state index in [0.717, 1.165) is 11.6 Å². The van der Waals surface area contributed by atoms with Crippen LogP contribution in [0.25, 0.3) is 0 Å². The minimum Gasteiger partial charge on any atom is -0.508 e. The Morgan fingerprint density at radius 1 is 0.556 bits per heavy atom. The van der Waals surface area contributed by atoms with E-state index in [1.165, 1.54) is 24.3 Å². The lowest BCUT2D eigenvalue weighted by molar-refractivity contribution is 0.394. The molecule has 0 bridgehead atoms. The number of aromatic hydroxyl groups is 6. The molecule has 0 aliphatic heterocycles. The maximum Gasteiger partial charge on any atom is 0.161 e. The van der Waals surface area contributed by atoms with Gasteiger partial charge in [-0.1, -0.05) is 17.7 Å². The van der Waals surface area contributed by atoms with Crippen molar-refractivity contribution in [3.05, 3.63) is 70.3 Å². The summed E-state index contributed by atoms with van der Waals surface area (Å²) in [5, 5.41) is 59.4. The number of rotatable bonds is 4. The largest absolute Gasteiger partial charge is 0.508 e. The molecule has 0 fully saturated rings. The lowest BCUT2D eigenvalue weighted by Gasteiger charge is -2.14. The summed E-state index contributed by atoms with van der Waals surface area (Å²) in [5.41, 5.74) is 2.74. The van der Waals surface area contributed by atoms with Crippen molar-refractivity contribution in [2.75, 3.05) is 0 Å². The van der Waals surface area contributed by atoms with Crippen LogP contribution in [-0.4, -0.2) is 30.6 Å². The predicted octanol–water partition coefficient (Wildman–Crippen LogP) is 3.41. The summed E-state index contributed by atoms with van der Waals surface area (Å²) in [6, 6.07) is 10.0. The van der Waals surface area contributed by atoms with Crippen LogP contribution in [0, 0.1) is 6.92 Å². The van der Waals surface area contributed by atoms with Gasteiger partial charge in [-0.25, -0.2) is 0 Å². The van der Waals surface area contributed by atoms with Gasteiger partial charge >= 0.3 is 0 Å². The second-order valence-corrected chi connectivity index (χ2v) is 6.57. The van der Waals surface area contributed by atoms with Crippen molar-refractivity contribution in [3.63, 3.8) is 0 Å². The molecule has 0 atom stereocenters. The molecule has 0 unspecified atom stereocenters. The average molecular weight is 368 g/mol. The molecule has 0 aromatic heterocycles. The van der Waals surface area contributed by atoms with Crippen LogP contribution < -0.4 is 0 Å². The standard InChI is InChI=1S/C21H20O6/c1-11-4-14(6-12-8-16(22)2-3-17(12)23)21(27)15(5-11)7-13-9-19(25)20(26)10-18(13)24/h2-5,8-10,22-27H,6-7H2,1H3. The smallest absolute Gasteiger partial charge is 0.161 e. The maximum atomic E-state index is 10.7. The average Bonchev–Trinajstić information content (AvgIpc) is 2.60. The van der Waals surface area contributed by atoms with Gasteiger partial charge in [-0.3, -0.25) is 0 Å². The monoisotopic (exact) mass is 368 g/mol. The molecule has 0 amide bonds. The lowest BCUT2D eigenvalue weighted by atomic mass is 9.94. The highest BCUT2D eigenvalue weighted by atomic mass is 16.3. The topological polar surface area (TPSA) is 121 Å². The number of phenolic OH excluding ortho intramolecular Hbond substituents is 6. The quantitative estimate of drug-likeness (QED) is 0.310. The third-order valence-electron chi connectivity index (χ3n) is 4.41. The molecule has 140 valence electrons. The van der Waals surface area contributed by atoms with Crippen molar-refractivity contribution in [2.45, 2.75) is 19.8 Å². The summed E-state index contributed by atoms with van der Waals surface area (Å²) in [7, 11) is 0. The second-order valence-electron chi connectivity index (χ2n) is 6.57. The molecule has 3 rings (SSSR count). The normalized spacial score (nSPS) is 10.9. The molecule has 0 aliphatic carbocycles. The van der Waals surface area contributed by atoms with Crippen LogP contribution >= 0.6 is 0 Å². The fourth-order valence-corrected chi connectivity index (χ4v) is 3.08. The number of benzene rings is 3. The molecule has 6 heteroatoms. The Morgan fingerprint density at radius 3 is 1.74 bits per heavy atom. The predicted molar refractivity (Wildman–Crippen MR) is 99.7 cm³/mol. The van der Waals surface area contributed by atoms with Crippen LogP contribution in [0.4, 0.5) is 0 Å². The number of phenols is 6. The first kappa shape index (κ1) is 18.3. The summed E-state index contributed by atoms with van der Waals surface area (Å²) in [5.74, 6) is -0.964. The molecule has 0 radical (unpaired) electrons. The van der Waals surface area contributed by atoms with E-state index >= 15 is 0 Å². The lowest BCUT2D eigenvalue weighted by Crippen LogP contribution is -1.97. The summed E-state index contributed by atoms with van der Waals surface area (Å²) in [6.07, 6.45) is 0.333. The Morgan fingerprint density at radius 2 is 1.11 bits per heavy atom. The number of aryl methyl sites for hydroxylation is 1. The zero-order valence-corrected chi connectivity index (χ0v) is 14.6. The van der Waals surface area contributed by atoms with Gasteiger partial charge in [0.05, 0.1) is 0 Å². The summed E-state index contributed by atoms with van der Waals surface area (Å²) < 4.78 is 0. The van der Waals surface area contributed by atoms with E-state index in [4.69, 9.17) is 0 Å². The Labute approximate surface area is 155 Å². The van der Waals surface area contributed by atoms with Crippen molar-refractivity contribution >= 4 is 0 Å². The molecule has 3 aromatic carbocycles. The van der Waals surface area contributed by atoms with E-state index < -0.39 is 5.75 Å². The van der Waals surface area contributed by atoms with Crippen LogP contribution in [0.15, 0.2) is 42.5 Å². The summed E-state index contributed by atoms with van der Waals surface area (Å²) >= 11 is 0. The maximum absolute atomic E-state index is 10.7. The molecule has 6 N–H and O–H groups in total. The molecule has 3 aromatic rings. The molecular formula is C21H20O6. The molecule has 0 spiro atoms. The molecule has 6 nitrogen and oxygen atoms in total. The minimum atomic E-state index is -0.426. The van der Waals surface area contributed by atoms with Crippen molar-refractivity contribution in [1.82, 2.24) is 0 Å². The van der Waals surface area contributed by atoms with E-state index in [0.29, 0.717) is 22.3 Å². The van der Waals surface area contributed by atoms with Crippen molar-refractivity contribution in [3.8, 4) is 34.5 Å². The van der Waals surface area contributed by atoms with Crippen LogP contribution in [0.3, 0.4) is 0 Å². The van der Waals surface area contributed by atoms with Gasteiger partial charge in [-0.2, -0.15) is 0 Å². The van der Waals surface area contributed by atoms with Crippen LogP contribution in [0.2, 0.25) is 0 Å². The SMILES string of the molecule is Cc1cc(Cc2cc(O)ccc2O)c(O)c(Cc2cc(O)c(O)cc2O)c1. The molecule has 0 saturated carbocycles. The molecule has 27 heavy (non-hydrogen) atoms. The van der Waals surface area contributed by atoms with Gasteiger partial charge in [0, 0.05) is 30.0 Å². The minimum absolute atomic E-state index is 0.00434. The summed E-state index contributed by atoms with van der Waals surface area (Å²) in [4.78, 5) is 0. The Bertz CT molecular complexity index is 1010. The number of hydrogen-bond acceptors (Lipinski definition) is 6. The first-order valence-corrected chi connectivity index (χ1v) is 8.30. The van der Waals surface area contributed by atoms with Gasteiger partial charge in [0.15, 0.2) is 11.5 Å². The molecule has 0 aliphatic rings. The number of hydrogen-bond donors (Lipinski definition) is 6. The molecule has 0 saturated heterocycles. The highest BCUT2D eigenvalue weighted by Crippen LogP contribution is 2.36. The first-order valence-electron chi connectivity index (χ1n) is 8.30. The van der Waals surface area contributed by atoms with Gasteiger partial charge in [0.2, 0.25) is 0 Å². The van der Waals surface area contributed by atoms with E-state index in [1.54, 1.807) is 12.1 Å². The van der Waals surface area contributed by atoms with E-state index in [2.05, 4.69) is 0 Å². The van der Waals surface area contributed by atoms with Gasteiger partial charge in [-0.15, -0.1) is 0 Å². The van der Waals surface area contributed by atoms with Gasteiger partial charge < -0.3 is 30.6 Å². The molecule has 0 heterocycles. The zero-order chi connectivity index (χ0) is 19.7. The Kier molecular flexibility index (Phi) is 4.73. The fourth-order valence-electron chi connectivity index (χ4n) is 3.08. The Balaban J connectivity index is 1.99. The summed E-state index contributed by atoms with van der Waals surface area (Å²) in [6.45, 7) is 1.85. The third-order valence-corrected chi connectivity index (χ3v) is 4.41. The Hall–Kier alpha value is -3.54. The van der Waals surface area contributed by atoms with Crippen molar-refractivity contribution < 1.29 is 30.6 Å². The van der Waals surface area contributed by atoms with Crippen molar-refractivity contribution in [2.24, 2.45) is 0 Å². The first-order chi connectivity index (χ1) is 12.7. The van der Waals surface area contributed by atoms with E-state index in [9.17, 15) is 30.6 Å². The van der Waals surface area contributed by atoms with Gasteiger partial charge in [0.25, 0.3) is 0 Å². The van der Waals surface area contributed by atoms with E-state index in [1.807, 2.05) is 6.92 Å². The van der Waals surface area contributed by atoms with Gasteiger partial charge in [0.1, 0.15) is 23.0 Å². The zero-order valence-electron chi connectivity index (χ0n) is 14.6. The van der Waals surface area contributed by atoms with Crippen molar-refractivity contribution in [1.29, 1.82) is 0 Å². The van der Waals surface area contributed by atoms with Crippen LogP contribution in [0.1, 0.15) is 27.8 Å². The second kappa shape index (κ2) is 6.99. The highest BCUT2D eigenvalue weighted by Gasteiger charge is 2.15. The van der Waals surface area contributed by atoms with Crippen LogP contribution in [-0.2, 0) is 12.8 Å².